The number of hydrogen-bond acceptors (Lipinski definition) is 4. The number of nitrogens with one attached hydrogen (secondary N) is 2. The van der Waals surface area contributed by atoms with E-state index in [-0.39, 0.29) is 6.04 Å². The zero-order chi connectivity index (χ0) is 23.8. The van der Waals surface area contributed by atoms with Crippen molar-refractivity contribution in [2.24, 2.45) is 0 Å². The van der Waals surface area contributed by atoms with Gasteiger partial charge in [0.25, 0.3) is 0 Å². The molecule has 0 bridgehead atoms. The molecule has 2 N–H and O–H groups in total. The van der Waals surface area contributed by atoms with Crippen LogP contribution < -0.4 is 15.5 Å². The van der Waals surface area contributed by atoms with Crippen molar-refractivity contribution in [1.29, 1.82) is 0 Å². The molecule has 3 heterocycles. The highest BCUT2D eigenvalue weighted by Crippen LogP contribution is 2.36. The molecule has 0 radical (unpaired) electrons. The van der Waals surface area contributed by atoms with Crippen molar-refractivity contribution < 1.29 is 13.6 Å². The van der Waals surface area contributed by atoms with Crippen LogP contribution in [0.4, 0.5) is 30.9 Å². The number of nitrogens with zero attached hydrogens (tertiary/aromatic N) is 4. The van der Waals surface area contributed by atoms with Gasteiger partial charge in [0.2, 0.25) is 0 Å². The highest BCUT2D eigenvalue weighted by molar-refractivity contribution is 6.36. The van der Waals surface area contributed by atoms with Crippen molar-refractivity contribution in [3.05, 3.63) is 82.0 Å². The van der Waals surface area contributed by atoms with Crippen LogP contribution in [-0.2, 0) is 0 Å². The number of imidazole rings is 1. The summed E-state index contributed by atoms with van der Waals surface area (Å²) >= 11 is 12.0. The molecule has 1 atom stereocenters. The second kappa shape index (κ2) is 9.08. The largest absolute Gasteiger partial charge is 0.348 e. The van der Waals surface area contributed by atoms with E-state index in [9.17, 15) is 13.6 Å². The van der Waals surface area contributed by atoms with Crippen LogP contribution in [0.25, 0.3) is 5.65 Å². The molecule has 2 amide bonds. The Morgan fingerprint density at radius 3 is 2.74 bits per heavy atom. The van der Waals surface area contributed by atoms with Gasteiger partial charge in [-0.15, -0.1) is 5.10 Å². The first-order valence-electron chi connectivity index (χ1n) is 10.5. The molecular formula is C23H18Cl2F2N6O. The predicted molar refractivity (Wildman–Crippen MR) is 128 cm³/mol. The summed E-state index contributed by atoms with van der Waals surface area (Å²) in [5.41, 5.74) is 1.20. The van der Waals surface area contributed by atoms with Crippen LogP contribution in [-0.4, -0.2) is 27.2 Å². The summed E-state index contributed by atoms with van der Waals surface area (Å²) in [6, 6.07) is 10.8. The van der Waals surface area contributed by atoms with Crippen molar-refractivity contribution >= 4 is 52.2 Å². The first kappa shape index (κ1) is 22.4. The number of aromatic nitrogens is 3. The number of fused-ring (bicyclic) bond motifs is 1. The number of hydrogen-bond donors (Lipinski definition) is 2. The van der Waals surface area contributed by atoms with Crippen LogP contribution in [0, 0.1) is 11.6 Å². The van der Waals surface area contributed by atoms with E-state index in [1.807, 2.05) is 4.90 Å². The molecule has 174 valence electrons. The Morgan fingerprint density at radius 1 is 1.06 bits per heavy atom. The number of amides is 2. The Kier molecular flexibility index (Phi) is 5.97. The van der Waals surface area contributed by atoms with Crippen molar-refractivity contribution in [3.8, 4) is 0 Å². The van der Waals surface area contributed by atoms with Crippen molar-refractivity contribution in [2.75, 3.05) is 22.1 Å². The zero-order valence-electron chi connectivity index (χ0n) is 17.6. The summed E-state index contributed by atoms with van der Waals surface area (Å²) in [4.78, 5) is 18.7. The molecule has 0 saturated carbocycles. The van der Waals surface area contributed by atoms with E-state index in [2.05, 4.69) is 20.7 Å². The molecule has 7 nitrogen and oxygen atoms in total. The summed E-state index contributed by atoms with van der Waals surface area (Å²) in [7, 11) is 0. The normalized spacial score (nSPS) is 15.6. The third-order valence-corrected chi connectivity index (χ3v) is 6.18. The van der Waals surface area contributed by atoms with E-state index in [4.69, 9.17) is 23.2 Å². The lowest BCUT2D eigenvalue weighted by Crippen LogP contribution is -2.25. The van der Waals surface area contributed by atoms with Gasteiger partial charge in [-0.2, -0.15) is 4.52 Å². The molecule has 11 heteroatoms. The van der Waals surface area contributed by atoms with Gasteiger partial charge in [-0.3, -0.25) is 5.32 Å². The SMILES string of the molecule is O=C(Nc1ccc(Cl)cc1Cl)Nc1cnc2ccc(N3CCCC3c3cc(F)ccc3F)nn12. The maximum atomic E-state index is 14.5. The molecule has 2 aromatic carbocycles. The van der Waals surface area contributed by atoms with Crippen LogP contribution in [0.15, 0.2) is 54.7 Å². The van der Waals surface area contributed by atoms with Crippen molar-refractivity contribution in [2.45, 2.75) is 18.9 Å². The summed E-state index contributed by atoms with van der Waals surface area (Å²) in [5.74, 6) is -0.0607. The second-order valence-electron chi connectivity index (χ2n) is 7.83. The minimum Gasteiger partial charge on any atom is -0.348 e. The molecule has 34 heavy (non-hydrogen) atoms. The van der Waals surface area contributed by atoms with E-state index in [1.165, 1.54) is 22.8 Å². The smallest absolute Gasteiger partial charge is 0.324 e. The molecular weight excluding hydrogens is 485 g/mol. The van der Waals surface area contributed by atoms with Gasteiger partial charge in [-0.1, -0.05) is 23.2 Å². The molecule has 1 aliphatic rings. The van der Waals surface area contributed by atoms with Crippen molar-refractivity contribution in [3.63, 3.8) is 0 Å². The highest BCUT2D eigenvalue weighted by Gasteiger charge is 2.30. The maximum absolute atomic E-state index is 14.5. The average molecular weight is 503 g/mol. The number of benzene rings is 2. The molecule has 5 rings (SSSR count). The predicted octanol–water partition coefficient (Wildman–Crippen LogP) is 6.30. The summed E-state index contributed by atoms with van der Waals surface area (Å²) in [6.07, 6.45) is 2.95. The Balaban J connectivity index is 1.40. The Morgan fingerprint density at radius 2 is 1.91 bits per heavy atom. The van der Waals surface area contributed by atoms with E-state index in [0.717, 1.165) is 18.6 Å². The topological polar surface area (TPSA) is 74.6 Å². The van der Waals surface area contributed by atoms with E-state index >= 15 is 0 Å². The molecule has 1 unspecified atom stereocenters. The Labute approximate surface area is 203 Å². The molecule has 0 spiro atoms. The third kappa shape index (κ3) is 4.36. The van der Waals surface area contributed by atoms with Crippen LogP contribution in [0.2, 0.25) is 10.0 Å². The minimum absolute atomic E-state index is 0.294. The molecule has 1 aliphatic heterocycles. The Hall–Kier alpha value is -3.43. The first-order valence-corrected chi connectivity index (χ1v) is 11.2. The molecule has 0 aliphatic carbocycles. The van der Waals surface area contributed by atoms with Gasteiger partial charge in [-0.05, 0) is 61.4 Å². The standard InChI is InChI=1S/C23H18Cl2F2N6O/c24-13-3-6-18(16(25)10-13)29-23(34)30-22-12-28-20-7-8-21(31-33(20)22)32-9-1-2-19(32)15-11-14(26)4-5-17(15)27/h3-8,10-12,19H,1-2,9H2,(H2,29,30,34). The fourth-order valence-electron chi connectivity index (χ4n) is 4.10. The fraction of sp³-hybridized carbons (Fsp3) is 0.174. The number of halogens is 4. The average Bonchev–Trinajstić information content (AvgIpc) is 3.44. The van der Waals surface area contributed by atoms with Crippen LogP contribution >= 0.6 is 23.2 Å². The van der Waals surface area contributed by atoms with Gasteiger partial charge in [0.15, 0.2) is 11.5 Å². The molecule has 4 aromatic rings. The van der Waals surface area contributed by atoms with Gasteiger partial charge in [0.05, 0.1) is 22.9 Å². The van der Waals surface area contributed by atoms with E-state index < -0.39 is 17.7 Å². The van der Waals surface area contributed by atoms with Crippen LogP contribution in [0.5, 0.6) is 0 Å². The lowest BCUT2D eigenvalue weighted by atomic mass is 10.0. The lowest BCUT2D eigenvalue weighted by molar-refractivity contribution is 0.262. The van der Waals surface area contributed by atoms with E-state index in [0.29, 0.717) is 51.5 Å². The molecule has 1 saturated heterocycles. The van der Waals surface area contributed by atoms with Gasteiger partial charge in [-0.25, -0.2) is 18.6 Å². The van der Waals surface area contributed by atoms with Crippen LogP contribution in [0.3, 0.4) is 0 Å². The van der Waals surface area contributed by atoms with Gasteiger partial charge >= 0.3 is 6.03 Å². The quantitative estimate of drug-likeness (QED) is 0.343. The number of anilines is 3. The van der Waals surface area contributed by atoms with Gasteiger partial charge in [0.1, 0.15) is 17.5 Å². The Bertz CT molecular complexity index is 1400. The van der Waals surface area contributed by atoms with E-state index in [1.54, 1.807) is 24.3 Å². The number of urea groups is 1. The number of carbonyl (C=O) groups is 1. The summed E-state index contributed by atoms with van der Waals surface area (Å²) in [6.45, 7) is 0.631. The number of rotatable bonds is 4. The highest BCUT2D eigenvalue weighted by atomic mass is 35.5. The second-order valence-corrected chi connectivity index (χ2v) is 8.67. The fourth-order valence-corrected chi connectivity index (χ4v) is 4.55. The molecule has 2 aromatic heterocycles. The van der Waals surface area contributed by atoms with Gasteiger partial charge < -0.3 is 10.2 Å². The zero-order valence-corrected chi connectivity index (χ0v) is 19.1. The minimum atomic E-state index is -0.542. The summed E-state index contributed by atoms with van der Waals surface area (Å²) in [5, 5.41) is 10.7. The monoisotopic (exact) mass is 502 g/mol. The molecule has 1 fully saturated rings. The third-order valence-electron chi connectivity index (χ3n) is 5.63. The summed E-state index contributed by atoms with van der Waals surface area (Å²) < 4.78 is 29.7. The van der Waals surface area contributed by atoms with Crippen LogP contribution in [0.1, 0.15) is 24.4 Å². The van der Waals surface area contributed by atoms with Gasteiger partial charge in [0, 0.05) is 17.1 Å². The first-order chi connectivity index (χ1) is 16.4. The maximum Gasteiger partial charge on any atom is 0.324 e. The van der Waals surface area contributed by atoms with Crippen molar-refractivity contribution in [1.82, 2.24) is 14.6 Å². The number of carbonyl (C=O) groups excluding carboxylic acids is 1. The lowest BCUT2D eigenvalue weighted by Gasteiger charge is -2.26.